The minimum absolute atomic E-state index is 0.0227. The molecule has 0 spiro atoms. The molecule has 4 N–H and O–H groups in total. The Labute approximate surface area is 329 Å². The van der Waals surface area contributed by atoms with E-state index >= 15 is 0 Å². The summed E-state index contributed by atoms with van der Waals surface area (Å²) in [4.78, 5) is 64.2. The van der Waals surface area contributed by atoms with Gasteiger partial charge < -0.3 is 29.8 Å². The fourth-order valence-corrected chi connectivity index (χ4v) is 11.0. The number of aliphatic carboxylic acids is 2. The van der Waals surface area contributed by atoms with E-state index in [9.17, 15) is 44.8 Å². The highest BCUT2D eigenvalue weighted by atomic mass is 16.6. The van der Waals surface area contributed by atoms with Crippen molar-refractivity contribution >= 4 is 17.8 Å². The molecule has 16 heteroatoms. The lowest BCUT2D eigenvalue weighted by atomic mass is 9.72. The number of carboxylic acids is 2. The van der Waals surface area contributed by atoms with Crippen LogP contribution in [0, 0.1) is 55.7 Å². The van der Waals surface area contributed by atoms with Gasteiger partial charge >= 0.3 is 11.9 Å². The van der Waals surface area contributed by atoms with Gasteiger partial charge in [-0.05, 0) is 127 Å². The number of nitro groups is 2. The molecule has 0 heterocycles. The van der Waals surface area contributed by atoms with Gasteiger partial charge in [0.2, 0.25) is 18.0 Å². The summed E-state index contributed by atoms with van der Waals surface area (Å²) in [6.45, 7) is 0.165. The van der Waals surface area contributed by atoms with Gasteiger partial charge in [0.15, 0.2) is 0 Å². The molecule has 0 aromatic rings. The van der Waals surface area contributed by atoms with Crippen molar-refractivity contribution in [3.63, 3.8) is 0 Å². The zero-order valence-electron chi connectivity index (χ0n) is 32.7. The third-order valence-electron chi connectivity index (χ3n) is 14.5. The van der Waals surface area contributed by atoms with E-state index in [0.717, 1.165) is 88.9 Å². The highest BCUT2D eigenvalue weighted by Crippen LogP contribution is 2.41. The SMILES string of the molecule is O=C(O)C1CCC([N+](=O)[O-])CC1CONC1CCC(OC2CCC(C3CCC(OC4CCC(NC(=O)C5CC([N+](=O)[O-])CCC5C(=O)O)CC4)CC3)CC2)CC1. The van der Waals surface area contributed by atoms with Crippen molar-refractivity contribution in [1.82, 2.24) is 10.8 Å². The van der Waals surface area contributed by atoms with Crippen LogP contribution < -0.4 is 10.8 Å². The van der Waals surface area contributed by atoms with E-state index in [0.29, 0.717) is 18.9 Å². The van der Waals surface area contributed by atoms with E-state index in [-0.39, 0.29) is 84.4 Å². The van der Waals surface area contributed by atoms with Crippen molar-refractivity contribution in [3.05, 3.63) is 20.2 Å². The Bertz CT molecular complexity index is 1340. The second-order valence-corrected chi connectivity index (χ2v) is 18.0. The van der Waals surface area contributed by atoms with Crippen LogP contribution in [0.15, 0.2) is 0 Å². The number of carboxylic acid groups (broad SMARTS) is 2. The molecule has 16 nitrogen and oxygen atoms in total. The van der Waals surface area contributed by atoms with E-state index in [2.05, 4.69) is 10.8 Å². The summed E-state index contributed by atoms with van der Waals surface area (Å²) in [5.41, 5.74) is 3.12. The lowest BCUT2D eigenvalue weighted by Gasteiger charge is -2.40. The van der Waals surface area contributed by atoms with Crippen LogP contribution >= 0.6 is 0 Å². The van der Waals surface area contributed by atoms with E-state index in [4.69, 9.17) is 14.3 Å². The van der Waals surface area contributed by atoms with Gasteiger partial charge in [-0.1, -0.05) is 0 Å². The maximum Gasteiger partial charge on any atom is 0.307 e. The van der Waals surface area contributed by atoms with Crippen molar-refractivity contribution in [3.8, 4) is 0 Å². The standard InChI is InChI=1S/C40H64N4O12/c45-38(37-22-30(44(52)53)10-20-36(37)40(48)49)41-27-5-15-33(16-6-27)55-31-11-1-24(2-12-31)25-3-13-32(14-4-25)56-34-17-7-28(8-18-34)42-54-23-26-21-29(43(50)51)9-19-35(26)39(46)47/h24-37,42H,1-23H2,(H,41,45)(H,46,47)(H,48,49). The largest absolute Gasteiger partial charge is 0.481 e. The lowest BCUT2D eigenvalue weighted by Crippen LogP contribution is -2.48. The molecule has 6 fully saturated rings. The molecular weight excluding hydrogens is 728 g/mol. The molecule has 1 amide bonds. The number of carbonyl (C=O) groups excluding carboxylic acids is 1. The fraction of sp³-hybridized carbons (Fsp3) is 0.925. The van der Waals surface area contributed by atoms with Crippen LogP contribution in [0.1, 0.15) is 141 Å². The van der Waals surface area contributed by atoms with E-state index < -0.39 is 41.8 Å². The van der Waals surface area contributed by atoms with Crippen LogP contribution in [0.5, 0.6) is 0 Å². The molecule has 0 bridgehead atoms. The van der Waals surface area contributed by atoms with Gasteiger partial charge in [0.05, 0.1) is 48.8 Å². The molecule has 6 aliphatic rings. The summed E-state index contributed by atoms with van der Waals surface area (Å²) in [7, 11) is 0. The van der Waals surface area contributed by atoms with Crippen LogP contribution in [-0.2, 0) is 28.7 Å². The van der Waals surface area contributed by atoms with Crippen LogP contribution in [0.2, 0.25) is 0 Å². The summed E-state index contributed by atoms with van der Waals surface area (Å²) < 4.78 is 13.2. The van der Waals surface area contributed by atoms with Crippen LogP contribution in [0.25, 0.3) is 0 Å². The number of ether oxygens (including phenoxy) is 2. The van der Waals surface area contributed by atoms with Gasteiger partial charge in [0.25, 0.3) is 0 Å². The molecular formula is C40H64N4O12. The molecule has 316 valence electrons. The summed E-state index contributed by atoms with van der Waals surface area (Å²) in [5.74, 6) is -3.57. The normalized spacial score (nSPS) is 39.6. The summed E-state index contributed by atoms with van der Waals surface area (Å²) in [6.07, 6.45) is 18.3. The van der Waals surface area contributed by atoms with Gasteiger partial charge in [0, 0.05) is 53.5 Å². The number of carbonyl (C=O) groups is 3. The quantitative estimate of drug-likeness (QED) is 0.116. The molecule has 6 saturated carbocycles. The van der Waals surface area contributed by atoms with Gasteiger partial charge in [-0.2, -0.15) is 5.48 Å². The average molecular weight is 793 g/mol. The second kappa shape index (κ2) is 20.1. The average Bonchev–Trinajstić information content (AvgIpc) is 3.19. The van der Waals surface area contributed by atoms with Crippen molar-refractivity contribution in [2.45, 2.75) is 190 Å². The van der Waals surface area contributed by atoms with E-state index in [1.807, 2.05) is 0 Å². The summed E-state index contributed by atoms with van der Waals surface area (Å²) >= 11 is 0. The van der Waals surface area contributed by atoms with Crippen LogP contribution in [0.3, 0.4) is 0 Å². The monoisotopic (exact) mass is 792 g/mol. The Hall–Kier alpha value is -2.95. The molecule has 6 aliphatic carbocycles. The number of rotatable bonds is 15. The molecule has 0 radical (unpaired) electrons. The first-order valence-electron chi connectivity index (χ1n) is 21.6. The van der Waals surface area contributed by atoms with Gasteiger partial charge in [-0.3, -0.25) is 34.6 Å². The van der Waals surface area contributed by atoms with E-state index in [1.54, 1.807) is 0 Å². The Morgan fingerprint density at radius 3 is 1.43 bits per heavy atom. The number of hydrogen-bond acceptors (Lipinski definition) is 11. The van der Waals surface area contributed by atoms with Crippen molar-refractivity contribution < 1.29 is 48.8 Å². The number of hydrogen-bond donors (Lipinski definition) is 4. The van der Waals surface area contributed by atoms with E-state index in [1.165, 1.54) is 25.7 Å². The molecule has 56 heavy (non-hydrogen) atoms. The molecule has 0 aromatic heterocycles. The molecule has 6 atom stereocenters. The van der Waals surface area contributed by atoms with Gasteiger partial charge in [-0.15, -0.1) is 0 Å². The first-order chi connectivity index (χ1) is 26.9. The first-order valence-corrected chi connectivity index (χ1v) is 21.6. The zero-order chi connectivity index (χ0) is 39.8. The Kier molecular flexibility index (Phi) is 15.3. The van der Waals surface area contributed by atoms with Crippen LogP contribution in [-0.4, -0.2) is 93.1 Å². The molecule has 0 aromatic carbocycles. The lowest BCUT2D eigenvalue weighted by molar-refractivity contribution is -0.528. The molecule has 6 rings (SSSR count). The second-order valence-electron chi connectivity index (χ2n) is 18.0. The number of amides is 1. The van der Waals surface area contributed by atoms with Crippen molar-refractivity contribution in [2.24, 2.45) is 35.5 Å². The highest BCUT2D eigenvalue weighted by molar-refractivity contribution is 5.85. The first kappa shape index (κ1) is 42.7. The van der Waals surface area contributed by atoms with Crippen molar-refractivity contribution in [2.75, 3.05) is 6.61 Å². The third kappa shape index (κ3) is 11.6. The Morgan fingerprint density at radius 2 is 0.964 bits per heavy atom. The summed E-state index contributed by atoms with van der Waals surface area (Å²) in [6, 6.07) is -1.46. The minimum atomic E-state index is -1.06. The summed E-state index contributed by atoms with van der Waals surface area (Å²) in [5, 5.41) is 44.8. The molecule has 6 unspecified atom stereocenters. The fourth-order valence-electron chi connectivity index (χ4n) is 11.0. The minimum Gasteiger partial charge on any atom is -0.481 e. The topological polar surface area (TPSA) is 230 Å². The molecule has 0 saturated heterocycles. The number of hydroxylamine groups is 1. The maximum absolute atomic E-state index is 13.1. The number of nitrogens with one attached hydrogen (secondary N) is 2. The van der Waals surface area contributed by atoms with Gasteiger partial charge in [0.1, 0.15) is 0 Å². The highest BCUT2D eigenvalue weighted by Gasteiger charge is 2.44. The Balaban J connectivity index is 0.812. The van der Waals surface area contributed by atoms with Crippen LogP contribution in [0.4, 0.5) is 0 Å². The predicted octanol–water partition coefficient (Wildman–Crippen LogP) is 5.69. The smallest absolute Gasteiger partial charge is 0.307 e. The predicted molar refractivity (Wildman–Crippen MR) is 201 cm³/mol. The third-order valence-corrected chi connectivity index (χ3v) is 14.5. The number of nitrogens with zero attached hydrogens (tertiary/aromatic N) is 2. The van der Waals surface area contributed by atoms with Crippen molar-refractivity contribution in [1.29, 1.82) is 0 Å². The Morgan fingerprint density at radius 1 is 0.536 bits per heavy atom. The molecule has 0 aliphatic heterocycles. The maximum atomic E-state index is 13.1. The van der Waals surface area contributed by atoms with Gasteiger partial charge in [-0.25, -0.2) is 0 Å². The zero-order valence-corrected chi connectivity index (χ0v) is 32.7.